The van der Waals surface area contributed by atoms with Gasteiger partial charge in [-0.25, -0.2) is 12.8 Å². The van der Waals surface area contributed by atoms with E-state index in [1.54, 1.807) is 50.2 Å². The third kappa shape index (κ3) is 5.00. The molecule has 0 aliphatic rings. The Labute approximate surface area is 169 Å². The Bertz CT molecular complexity index is 1130. The second-order valence-corrected chi connectivity index (χ2v) is 8.38. The van der Waals surface area contributed by atoms with Crippen LogP contribution in [0.2, 0.25) is 0 Å². The molecule has 0 saturated carbocycles. The average Bonchev–Trinajstić information content (AvgIpc) is 2.70. The zero-order valence-corrected chi connectivity index (χ0v) is 16.8. The summed E-state index contributed by atoms with van der Waals surface area (Å²) in [5, 5.41) is 2.79. The van der Waals surface area contributed by atoms with E-state index in [0.717, 1.165) is 11.1 Å². The lowest BCUT2D eigenvalue weighted by Crippen LogP contribution is -2.27. The van der Waals surface area contributed by atoms with Gasteiger partial charge in [-0.15, -0.1) is 0 Å². The van der Waals surface area contributed by atoms with Crippen LogP contribution in [0.3, 0.4) is 0 Å². The van der Waals surface area contributed by atoms with Gasteiger partial charge in [0.05, 0.1) is 16.6 Å². The molecule has 0 bridgehead atoms. The van der Waals surface area contributed by atoms with E-state index >= 15 is 0 Å². The number of anilines is 1. The number of sulfonamides is 1. The largest absolute Gasteiger partial charge is 0.346 e. The summed E-state index contributed by atoms with van der Waals surface area (Å²) in [5.41, 5.74) is 2.22. The number of halogens is 1. The minimum absolute atomic E-state index is 0.0113. The quantitative estimate of drug-likeness (QED) is 0.629. The standard InChI is InChI=1S/C22H21FN2O3S/c1-15-6-3-4-9-21(15)25-29(27,28)20-8-5-7-18(14-20)22(26)24-16(2)17-10-12-19(23)13-11-17/h3-14,16,25H,1-2H3,(H,24,26). The van der Waals surface area contributed by atoms with Gasteiger partial charge in [0, 0.05) is 5.56 Å². The summed E-state index contributed by atoms with van der Waals surface area (Å²) in [6.45, 7) is 3.57. The van der Waals surface area contributed by atoms with Crippen LogP contribution in [0.15, 0.2) is 77.7 Å². The Balaban J connectivity index is 1.78. The number of aryl methyl sites for hydroxylation is 1. The maximum absolute atomic E-state index is 13.1. The van der Waals surface area contributed by atoms with Crippen LogP contribution in [0.25, 0.3) is 0 Å². The van der Waals surface area contributed by atoms with Gasteiger partial charge in [-0.2, -0.15) is 0 Å². The van der Waals surface area contributed by atoms with Crippen LogP contribution in [-0.2, 0) is 10.0 Å². The van der Waals surface area contributed by atoms with E-state index in [-0.39, 0.29) is 22.3 Å². The Kier molecular flexibility index (Phi) is 5.98. The first-order chi connectivity index (χ1) is 13.8. The van der Waals surface area contributed by atoms with E-state index in [1.165, 1.54) is 30.3 Å². The minimum Gasteiger partial charge on any atom is -0.346 e. The van der Waals surface area contributed by atoms with Crippen molar-refractivity contribution in [2.24, 2.45) is 0 Å². The average molecular weight is 412 g/mol. The predicted molar refractivity (Wildman–Crippen MR) is 111 cm³/mol. The van der Waals surface area contributed by atoms with Crippen LogP contribution in [-0.4, -0.2) is 14.3 Å². The first kappa shape index (κ1) is 20.5. The molecule has 0 aliphatic carbocycles. The molecule has 0 fully saturated rings. The predicted octanol–water partition coefficient (Wildman–Crippen LogP) is 4.43. The number of rotatable bonds is 6. The highest BCUT2D eigenvalue weighted by atomic mass is 32.2. The van der Waals surface area contributed by atoms with Gasteiger partial charge >= 0.3 is 0 Å². The lowest BCUT2D eigenvalue weighted by Gasteiger charge is -2.15. The number of amides is 1. The van der Waals surface area contributed by atoms with Crippen molar-refractivity contribution in [2.45, 2.75) is 24.8 Å². The fourth-order valence-electron chi connectivity index (χ4n) is 2.81. The second-order valence-electron chi connectivity index (χ2n) is 6.69. The van der Waals surface area contributed by atoms with Crippen molar-refractivity contribution in [3.05, 3.63) is 95.3 Å². The van der Waals surface area contributed by atoms with Crippen molar-refractivity contribution in [1.29, 1.82) is 0 Å². The minimum atomic E-state index is -3.85. The Morgan fingerprint density at radius 3 is 2.34 bits per heavy atom. The van der Waals surface area contributed by atoms with Crippen molar-refractivity contribution in [1.82, 2.24) is 5.32 Å². The van der Waals surface area contributed by atoms with Crippen LogP contribution in [0.1, 0.15) is 34.5 Å². The number of hydrogen-bond donors (Lipinski definition) is 2. The van der Waals surface area contributed by atoms with Crippen LogP contribution < -0.4 is 10.0 Å². The fourth-order valence-corrected chi connectivity index (χ4v) is 3.99. The Hall–Kier alpha value is -3.19. The zero-order chi connectivity index (χ0) is 21.0. The highest BCUT2D eigenvalue weighted by molar-refractivity contribution is 7.92. The molecule has 0 aromatic heterocycles. The molecule has 1 atom stereocenters. The molecule has 29 heavy (non-hydrogen) atoms. The van der Waals surface area contributed by atoms with E-state index in [0.29, 0.717) is 5.69 Å². The molecule has 0 spiro atoms. The highest BCUT2D eigenvalue weighted by Gasteiger charge is 2.18. The Morgan fingerprint density at radius 1 is 0.966 bits per heavy atom. The van der Waals surface area contributed by atoms with Gasteiger partial charge in [0.1, 0.15) is 5.82 Å². The maximum Gasteiger partial charge on any atom is 0.261 e. The van der Waals surface area contributed by atoms with Gasteiger partial charge in [-0.05, 0) is 61.4 Å². The van der Waals surface area contributed by atoms with Crippen molar-refractivity contribution in [2.75, 3.05) is 4.72 Å². The van der Waals surface area contributed by atoms with Gasteiger partial charge in [0.15, 0.2) is 0 Å². The van der Waals surface area contributed by atoms with E-state index in [2.05, 4.69) is 10.0 Å². The molecule has 150 valence electrons. The fraction of sp³-hybridized carbons (Fsp3) is 0.136. The molecule has 0 heterocycles. The molecule has 3 aromatic carbocycles. The smallest absolute Gasteiger partial charge is 0.261 e. The first-order valence-corrected chi connectivity index (χ1v) is 10.5. The van der Waals surface area contributed by atoms with E-state index in [4.69, 9.17) is 0 Å². The van der Waals surface area contributed by atoms with Crippen LogP contribution in [0.5, 0.6) is 0 Å². The van der Waals surface area contributed by atoms with Crippen LogP contribution >= 0.6 is 0 Å². The summed E-state index contributed by atoms with van der Waals surface area (Å²) < 4.78 is 41.1. The molecule has 3 rings (SSSR count). The molecule has 5 nitrogen and oxygen atoms in total. The number of carbonyl (C=O) groups is 1. The molecule has 7 heteroatoms. The summed E-state index contributed by atoms with van der Waals surface area (Å²) in [4.78, 5) is 12.6. The third-order valence-corrected chi connectivity index (χ3v) is 5.88. The normalized spacial score (nSPS) is 12.2. The van der Waals surface area contributed by atoms with Gasteiger partial charge in [0.2, 0.25) is 0 Å². The first-order valence-electron chi connectivity index (χ1n) is 9.01. The maximum atomic E-state index is 13.1. The lowest BCUT2D eigenvalue weighted by molar-refractivity contribution is 0.0939. The molecule has 2 N–H and O–H groups in total. The third-order valence-electron chi connectivity index (χ3n) is 4.51. The Morgan fingerprint density at radius 2 is 1.66 bits per heavy atom. The summed E-state index contributed by atoms with van der Waals surface area (Å²) >= 11 is 0. The molecular formula is C22H21FN2O3S. The summed E-state index contributed by atoms with van der Waals surface area (Å²) in [7, 11) is -3.85. The van der Waals surface area contributed by atoms with Gasteiger partial charge < -0.3 is 5.32 Å². The molecular weight excluding hydrogens is 391 g/mol. The number of nitrogens with one attached hydrogen (secondary N) is 2. The number of para-hydroxylation sites is 1. The van der Waals surface area contributed by atoms with Crippen molar-refractivity contribution >= 4 is 21.6 Å². The summed E-state index contributed by atoms with van der Waals surface area (Å²) in [5.74, 6) is -0.777. The molecule has 3 aromatic rings. The highest BCUT2D eigenvalue weighted by Crippen LogP contribution is 2.20. The zero-order valence-electron chi connectivity index (χ0n) is 16.0. The number of carbonyl (C=O) groups excluding carboxylic acids is 1. The van der Waals surface area contributed by atoms with Crippen molar-refractivity contribution in [3.8, 4) is 0 Å². The van der Waals surface area contributed by atoms with Crippen LogP contribution in [0, 0.1) is 12.7 Å². The van der Waals surface area contributed by atoms with Gasteiger partial charge in [0.25, 0.3) is 15.9 Å². The summed E-state index contributed by atoms with van der Waals surface area (Å²) in [6.07, 6.45) is 0. The lowest BCUT2D eigenvalue weighted by atomic mass is 10.1. The SMILES string of the molecule is Cc1ccccc1NS(=O)(=O)c1cccc(C(=O)NC(C)c2ccc(F)cc2)c1. The topological polar surface area (TPSA) is 75.3 Å². The summed E-state index contributed by atoms with van der Waals surface area (Å²) in [6, 6.07) is 18.3. The van der Waals surface area contributed by atoms with E-state index in [9.17, 15) is 17.6 Å². The van der Waals surface area contributed by atoms with E-state index < -0.39 is 15.9 Å². The second kappa shape index (κ2) is 8.45. The molecule has 1 amide bonds. The number of hydrogen-bond acceptors (Lipinski definition) is 3. The molecule has 0 radical (unpaired) electrons. The van der Waals surface area contributed by atoms with Crippen molar-refractivity contribution < 1.29 is 17.6 Å². The molecule has 0 aliphatic heterocycles. The van der Waals surface area contributed by atoms with Crippen molar-refractivity contribution in [3.63, 3.8) is 0 Å². The number of benzene rings is 3. The van der Waals surface area contributed by atoms with Crippen LogP contribution in [0.4, 0.5) is 10.1 Å². The van der Waals surface area contributed by atoms with Gasteiger partial charge in [-0.1, -0.05) is 36.4 Å². The monoisotopic (exact) mass is 412 g/mol. The molecule has 1 unspecified atom stereocenters. The molecule has 0 saturated heterocycles. The van der Waals surface area contributed by atoms with Gasteiger partial charge in [-0.3, -0.25) is 9.52 Å². The van der Waals surface area contributed by atoms with E-state index in [1.807, 2.05) is 6.07 Å².